The number of quaternary nitrogens is 1. The summed E-state index contributed by atoms with van der Waals surface area (Å²) < 4.78 is 0.572. The van der Waals surface area contributed by atoms with Crippen LogP contribution in [-0.4, -0.2) is 41.8 Å². The second-order valence-corrected chi connectivity index (χ2v) is 7.70. The molecule has 3 saturated heterocycles. The highest BCUT2D eigenvalue weighted by Gasteiger charge is 2.44. The van der Waals surface area contributed by atoms with Crippen LogP contribution >= 0.6 is 11.3 Å². The molecule has 0 saturated carbocycles. The molecule has 0 radical (unpaired) electrons. The van der Waals surface area contributed by atoms with Gasteiger partial charge in [0.05, 0.1) is 6.54 Å². The Hall–Kier alpha value is -1.07. The molecule has 3 aliphatic heterocycles. The second kappa shape index (κ2) is 7.01. The van der Waals surface area contributed by atoms with Gasteiger partial charge in [0.2, 0.25) is 0 Å². The predicted molar refractivity (Wildman–Crippen MR) is 88.3 cm³/mol. The lowest BCUT2D eigenvalue weighted by Crippen LogP contribution is -2.59. The van der Waals surface area contributed by atoms with E-state index in [0.29, 0.717) is 11.2 Å². The zero-order valence-electron chi connectivity index (χ0n) is 13.5. The van der Waals surface area contributed by atoms with E-state index in [-0.39, 0.29) is 6.09 Å². The van der Waals surface area contributed by atoms with Gasteiger partial charge >= 0.3 is 6.09 Å². The molecular weight excluding hydrogens is 296 g/mol. The molecule has 3 aliphatic rings. The number of fused-ring (bicyclic) bond motifs is 3. The Bertz CT molecular complexity index is 467. The van der Waals surface area contributed by atoms with E-state index in [1.54, 1.807) is 11.3 Å². The van der Waals surface area contributed by atoms with Crippen molar-refractivity contribution in [3.63, 3.8) is 0 Å². The highest BCUT2D eigenvalue weighted by molar-refractivity contribution is 7.09. The molecule has 0 atom stereocenters. The highest BCUT2D eigenvalue weighted by atomic mass is 32.1. The van der Waals surface area contributed by atoms with Crippen LogP contribution in [0.1, 0.15) is 43.9 Å². The SMILES string of the molecule is CCCCN(Cc1cccs1)C(=O)O[N+]12CCC(CC1)CC2. The van der Waals surface area contributed by atoms with Gasteiger partial charge in [0, 0.05) is 30.7 Å². The maximum Gasteiger partial charge on any atom is 0.464 e. The summed E-state index contributed by atoms with van der Waals surface area (Å²) in [5, 5.41) is 2.07. The first-order chi connectivity index (χ1) is 10.7. The fourth-order valence-corrected chi connectivity index (χ4v) is 4.28. The lowest BCUT2D eigenvalue weighted by Gasteiger charge is -2.45. The number of rotatable bonds is 6. The van der Waals surface area contributed by atoms with E-state index < -0.39 is 0 Å². The molecule has 4 heterocycles. The quantitative estimate of drug-likeness (QED) is 0.740. The number of hydrogen-bond donors (Lipinski definition) is 0. The molecule has 1 amide bonds. The maximum absolute atomic E-state index is 12.7. The van der Waals surface area contributed by atoms with Crippen molar-refractivity contribution < 1.29 is 14.3 Å². The van der Waals surface area contributed by atoms with Gasteiger partial charge in [0.15, 0.2) is 0 Å². The van der Waals surface area contributed by atoms with Crippen LogP contribution in [0.3, 0.4) is 0 Å². The number of carbonyl (C=O) groups is 1. The summed E-state index contributed by atoms with van der Waals surface area (Å²) in [5.74, 6) is 0.876. The van der Waals surface area contributed by atoms with Crippen molar-refractivity contribution in [1.29, 1.82) is 0 Å². The van der Waals surface area contributed by atoms with Gasteiger partial charge in [0.25, 0.3) is 0 Å². The summed E-state index contributed by atoms with van der Waals surface area (Å²) in [6.07, 6.45) is 5.65. The minimum atomic E-state index is -0.123. The number of amides is 1. The van der Waals surface area contributed by atoms with Crippen LogP contribution in [0.2, 0.25) is 0 Å². The Kier molecular flexibility index (Phi) is 5.03. The number of hydroxylamine groups is 3. The average Bonchev–Trinajstić information content (AvgIpc) is 3.05. The first-order valence-electron chi connectivity index (χ1n) is 8.58. The van der Waals surface area contributed by atoms with Crippen molar-refractivity contribution in [3.05, 3.63) is 22.4 Å². The smallest absolute Gasteiger partial charge is 0.298 e. The Morgan fingerprint density at radius 3 is 2.68 bits per heavy atom. The van der Waals surface area contributed by atoms with E-state index in [1.165, 1.54) is 24.1 Å². The minimum Gasteiger partial charge on any atom is -0.298 e. The molecule has 0 N–H and O–H groups in total. The molecule has 1 aromatic rings. The van der Waals surface area contributed by atoms with Gasteiger partial charge < -0.3 is 0 Å². The second-order valence-electron chi connectivity index (χ2n) is 6.67. The molecular formula is C17H27N2O2S+. The van der Waals surface area contributed by atoms with Gasteiger partial charge in [-0.3, -0.25) is 9.74 Å². The third-order valence-corrected chi connectivity index (χ3v) is 5.93. The van der Waals surface area contributed by atoms with Gasteiger partial charge in [-0.1, -0.05) is 19.4 Å². The van der Waals surface area contributed by atoms with Crippen LogP contribution in [-0.2, 0) is 11.4 Å². The Morgan fingerprint density at radius 1 is 1.36 bits per heavy atom. The average molecular weight is 323 g/mol. The highest BCUT2D eigenvalue weighted by Crippen LogP contribution is 2.34. The Labute approximate surface area is 137 Å². The van der Waals surface area contributed by atoms with Crippen molar-refractivity contribution in [2.24, 2.45) is 5.92 Å². The number of nitrogens with zero attached hydrogens (tertiary/aromatic N) is 2. The normalized spacial score (nSPS) is 26.9. The van der Waals surface area contributed by atoms with Crippen LogP contribution in [0.4, 0.5) is 4.79 Å². The molecule has 0 unspecified atom stereocenters. The van der Waals surface area contributed by atoms with E-state index >= 15 is 0 Å². The standard InChI is InChI=1S/C17H27N2O2S/c1-2-3-9-18(14-16-5-4-13-22-16)17(20)21-19-10-6-15(7-11-19)8-12-19/h4-5,13,15H,2-3,6-12,14H2,1H3/q+1. The van der Waals surface area contributed by atoms with Crippen molar-refractivity contribution in [3.8, 4) is 0 Å². The van der Waals surface area contributed by atoms with Crippen molar-refractivity contribution >= 4 is 17.4 Å². The molecule has 1 aromatic heterocycles. The first kappa shape index (κ1) is 15.8. The number of unbranched alkanes of at least 4 members (excludes halogenated alkanes) is 1. The van der Waals surface area contributed by atoms with Gasteiger partial charge in [-0.2, -0.15) is 0 Å². The van der Waals surface area contributed by atoms with Crippen molar-refractivity contribution in [2.45, 2.75) is 45.6 Å². The van der Waals surface area contributed by atoms with Crippen LogP contribution in [0.15, 0.2) is 17.5 Å². The lowest BCUT2D eigenvalue weighted by atomic mass is 9.88. The van der Waals surface area contributed by atoms with Gasteiger partial charge in [-0.05, 0) is 23.8 Å². The molecule has 4 rings (SSSR count). The van der Waals surface area contributed by atoms with Crippen LogP contribution in [0, 0.1) is 5.92 Å². The predicted octanol–water partition coefficient (Wildman–Crippen LogP) is 4.03. The Morgan fingerprint density at radius 2 is 2.09 bits per heavy atom. The molecule has 4 nitrogen and oxygen atoms in total. The molecule has 2 bridgehead atoms. The van der Waals surface area contributed by atoms with Crippen molar-refractivity contribution in [2.75, 3.05) is 26.2 Å². The zero-order chi connectivity index (χ0) is 15.4. The zero-order valence-corrected chi connectivity index (χ0v) is 14.3. The molecule has 122 valence electrons. The summed E-state index contributed by atoms with van der Waals surface area (Å²) >= 11 is 1.71. The number of thiophene rings is 1. The molecule has 3 fully saturated rings. The fraction of sp³-hybridized carbons (Fsp3) is 0.706. The number of carbonyl (C=O) groups excluding carboxylic acids is 1. The molecule has 5 heteroatoms. The largest absolute Gasteiger partial charge is 0.464 e. The van der Waals surface area contributed by atoms with E-state index in [4.69, 9.17) is 4.84 Å². The lowest BCUT2D eigenvalue weighted by molar-refractivity contribution is -1.10. The van der Waals surface area contributed by atoms with E-state index in [2.05, 4.69) is 18.4 Å². The summed E-state index contributed by atoms with van der Waals surface area (Å²) in [6, 6.07) is 4.14. The Balaban J connectivity index is 1.63. The van der Waals surface area contributed by atoms with Gasteiger partial charge in [-0.25, -0.2) is 4.79 Å². The summed E-state index contributed by atoms with van der Waals surface area (Å²) in [5.41, 5.74) is 0. The topological polar surface area (TPSA) is 29.5 Å². The van der Waals surface area contributed by atoms with E-state index in [1.807, 2.05) is 11.0 Å². The maximum atomic E-state index is 12.7. The number of hydrogen-bond acceptors (Lipinski definition) is 3. The summed E-state index contributed by atoms with van der Waals surface area (Å²) in [7, 11) is 0. The van der Waals surface area contributed by atoms with E-state index in [0.717, 1.165) is 44.9 Å². The third kappa shape index (κ3) is 3.63. The molecule has 0 spiro atoms. The van der Waals surface area contributed by atoms with Gasteiger partial charge in [-0.15, -0.1) is 16.0 Å². The van der Waals surface area contributed by atoms with Crippen LogP contribution in [0.25, 0.3) is 0 Å². The summed E-state index contributed by atoms with van der Waals surface area (Å²) in [6.45, 7) is 6.66. The number of piperidine rings is 3. The van der Waals surface area contributed by atoms with Crippen LogP contribution in [0.5, 0.6) is 0 Å². The van der Waals surface area contributed by atoms with Crippen molar-refractivity contribution in [1.82, 2.24) is 4.90 Å². The van der Waals surface area contributed by atoms with Crippen LogP contribution < -0.4 is 0 Å². The first-order valence-corrected chi connectivity index (χ1v) is 9.46. The molecule has 0 aliphatic carbocycles. The van der Waals surface area contributed by atoms with E-state index in [9.17, 15) is 4.79 Å². The monoisotopic (exact) mass is 323 g/mol. The fourth-order valence-electron chi connectivity index (χ4n) is 3.56. The third-order valence-electron chi connectivity index (χ3n) is 5.07. The summed E-state index contributed by atoms with van der Waals surface area (Å²) in [4.78, 5) is 21.8. The minimum absolute atomic E-state index is 0.123. The van der Waals surface area contributed by atoms with Gasteiger partial charge in [0.1, 0.15) is 19.6 Å². The molecule has 0 aromatic carbocycles. The molecule has 22 heavy (non-hydrogen) atoms.